The number of imide groups is 1. The Bertz CT molecular complexity index is 980. The molecule has 3 rings (SSSR count). The summed E-state index contributed by atoms with van der Waals surface area (Å²) in [5.74, 6) is -1.70. The summed E-state index contributed by atoms with van der Waals surface area (Å²) >= 11 is 0. The molecule has 0 spiro atoms. The van der Waals surface area contributed by atoms with Crippen molar-refractivity contribution >= 4 is 29.4 Å². The molecule has 0 unspecified atom stereocenters. The van der Waals surface area contributed by atoms with E-state index in [0.717, 1.165) is 4.90 Å². The second kappa shape index (κ2) is 7.03. The molecule has 1 aliphatic rings. The predicted molar refractivity (Wildman–Crippen MR) is 98.0 cm³/mol. The van der Waals surface area contributed by atoms with Crippen LogP contribution in [0.4, 0.5) is 5.69 Å². The van der Waals surface area contributed by atoms with E-state index in [-0.39, 0.29) is 23.6 Å². The van der Waals surface area contributed by atoms with E-state index in [4.69, 9.17) is 4.74 Å². The molecule has 0 radical (unpaired) electrons. The summed E-state index contributed by atoms with van der Waals surface area (Å²) in [5, 5.41) is 2.73. The first-order chi connectivity index (χ1) is 12.9. The molecule has 0 atom stereocenters. The number of esters is 1. The zero-order valence-corrected chi connectivity index (χ0v) is 15.2. The normalized spacial score (nSPS) is 12.8. The minimum absolute atomic E-state index is 0.217. The number of benzene rings is 2. The van der Waals surface area contributed by atoms with Crippen molar-refractivity contribution < 1.29 is 23.9 Å². The van der Waals surface area contributed by atoms with Gasteiger partial charge in [-0.1, -0.05) is 6.07 Å². The van der Waals surface area contributed by atoms with E-state index in [1.807, 2.05) is 0 Å². The molecule has 7 nitrogen and oxygen atoms in total. The number of fused-ring (bicyclic) bond motifs is 1. The lowest BCUT2D eigenvalue weighted by Gasteiger charge is -2.11. The van der Waals surface area contributed by atoms with Crippen molar-refractivity contribution in [2.75, 3.05) is 19.0 Å². The highest BCUT2D eigenvalue weighted by Gasteiger charge is 2.34. The van der Waals surface area contributed by atoms with Crippen LogP contribution in [0.2, 0.25) is 0 Å². The zero-order valence-electron chi connectivity index (χ0n) is 15.2. The summed E-state index contributed by atoms with van der Waals surface area (Å²) in [6, 6.07) is 9.31. The average Bonchev–Trinajstić information content (AvgIpc) is 2.92. The van der Waals surface area contributed by atoms with Crippen molar-refractivity contribution in [2.24, 2.45) is 0 Å². The van der Waals surface area contributed by atoms with E-state index in [1.165, 1.54) is 25.3 Å². The van der Waals surface area contributed by atoms with E-state index >= 15 is 0 Å². The monoisotopic (exact) mass is 366 g/mol. The molecule has 138 valence electrons. The number of ether oxygens (including phenoxy) is 1. The average molecular weight is 366 g/mol. The van der Waals surface area contributed by atoms with Gasteiger partial charge in [0, 0.05) is 17.8 Å². The quantitative estimate of drug-likeness (QED) is 0.663. The Morgan fingerprint density at radius 2 is 1.78 bits per heavy atom. The van der Waals surface area contributed by atoms with Crippen molar-refractivity contribution in [3.05, 3.63) is 64.2 Å². The Kier molecular flexibility index (Phi) is 4.77. The minimum Gasteiger partial charge on any atom is -0.465 e. The van der Waals surface area contributed by atoms with Gasteiger partial charge < -0.3 is 10.1 Å². The Labute approximate surface area is 155 Å². The van der Waals surface area contributed by atoms with Crippen LogP contribution in [-0.2, 0) is 4.74 Å². The van der Waals surface area contributed by atoms with Gasteiger partial charge in [0.05, 0.1) is 23.8 Å². The third-order valence-electron chi connectivity index (χ3n) is 4.54. The van der Waals surface area contributed by atoms with E-state index in [2.05, 4.69) is 5.32 Å². The van der Waals surface area contributed by atoms with Crippen LogP contribution in [0.25, 0.3) is 0 Å². The molecule has 27 heavy (non-hydrogen) atoms. The van der Waals surface area contributed by atoms with Gasteiger partial charge in [-0.05, 0) is 49.7 Å². The van der Waals surface area contributed by atoms with E-state index in [9.17, 15) is 19.2 Å². The standard InChI is InChI=1S/C20H18N2O5/c1-4-22-18(24)14-9-8-12(10-15(14)19(22)25)17(23)21-16-7-5-6-13(11(16)2)20(26)27-3/h5-10H,4H2,1-3H3,(H,21,23). The van der Waals surface area contributed by atoms with Gasteiger partial charge in [0.1, 0.15) is 0 Å². The predicted octanol–water partition coefficient (Wildman–Crippen LogP) is 2.65. The summed E-state index contributed by atoms with van der Waals surface area (Å²) in [7, 11) is 1.29. The highest BCUT2D eigenvalue weighted by Crippen LogP contribution is 2.25. The number of rotatable bonds is 4. The highest BCUT2D eigenvalue weighted by molar-refractivity contribution is 6.22. The highest BCUT2D eigenvalue weighted by atomic mass is 16.5. The van der Waals surface area contributed by atoms with Gasteiger partial charge in [-0.25, -0.2) is 4.79 Å². The Morgan fingerprint density at radius 3 is 2.44 bits per heavy atom. The second-order valence-electron chi connectivity index (χ2n) is 6.04. The first-order valence-electron chi connectivity index (χ1n) is 8.38. The summed E-state index contributed by atoms with van der Waals surface area (Å²) in [4.78, 5) is 50.0. The molecular formula is C20H18N2O5. The molecule has 3 amide bonds. The Balaban J connectivity index is 1.89. The van der Waals surface area contributed by atoms with Gasteiger partial charge in [0.2, 0.25) is 0 Å². The van der Waals surface area contributed by atoms with Gasteiger partial charge in [-0.2, -0.15) is 0 Å². The molecular weight excluding hydrogens is 348 g/mol. The van der Waals surface area contributed by atoms with Crippen LogP contribution in [-0.4, -0.2) is 42.2 Å². The summed E-state index contributed by atoms with van der Waals surface area (Å²) < 4.78 is 4.73. The largest absolute Gasteiger partial charge is 0.465 e. The molecule has 0 aromatic heterocycles. The topological polar surface area (TPSA) is 92.8 Å². The molecule has 1 N–H and O–H groups in total. The van der Waals surface area contributed by atoms with Crippen molar-refractivity contribution in [1.29, 1.82) is 0 Å². The van der Waals surface area contributed by atoms with Crippen molar-refractivity contribution in [3.63, 3.8) is 0 Å². The van der Waals surface area contributed by atoms with Crippen LogP contribution >= 0.6 is 0 Å². The molecule has 0 aliphatic carbocycles. The van der Waals surface area contributed by atoms with Crippen molar-refractivity contribution in [2.45, 2.75) is 13.8 Å². The van der Waals surface area contributed by atoms with Gasteiger partial charge in [-0.3, -0.25) is 19.3 Å². The van der Waals surface area contributed by atoms with E-state index in [1.54, 1.807) is 32.0 Å². The molecule has 1 heterocycles. The molecule has 0 bridgehead atoms. The SMILES string of the molecule is CCN1C(=O)c2ccc(C(=O)Nc3cccc(C(=O)OC)c3C)cc2C1=O. The van der Waals surface area contributed by atoms with Crippen LogP contribution in [0, 0.1) is 6.92 Å². The maximum atomic E-state index is 12.6. The molecule has 2 aromatic carbocycles. The minimum atomic E-state index is -0.495. The molecule has 7 heteroatoms. The van der Waals surface area contributed by atoms with Gasteiger partial charge in [0.25, 0.3) is 17.7 Å². The number of nitrogens with zero attached hydrogens (tertiary/aromatic N) is 1. The summed E-state index contributed by atoms with van der Waals surface area (Å²) in [6.07, 6.45) is 0. The first-order valence-corrected chi connectivity index (χ1v) is 8.38. The van der Waals surface area contributed by atoms with Gasteiger partial charge >= 0.3 is 5.97 Å². The number of hydrogen-bond acceptors (Lipinski definition) is 5. The lowest BCUT2D eigenvalue weighted by molar-refractivity contribution is 0.0597. The van der Waals surface area contributed by atoms with E-state index < -0.39 is 17.8 Å². The Morgan fingerprint density at radius 1 is 1.07 bits per heavy atom. The molecule has 1 aliphatic heterocycles. The third kappa shape index (κ3) is 3.08. The van der Waals surface area contributed by atoms with E-state index in [0.29, 0.717) is 22.4 Å². The fourth-order valence-corrected chi connectivity index (χ4v) is 3.02. The maximum absolute atomic E-state index is 12.6. The zero-order chi connectivity index (χ0) is 19.7. The summed E-state index contributed by atoms with van der Waals surface area (Å²) in [6.45, 7) is 3.69. The fraction of sp³-hybridized carbons (Fsp3) is 0.200. The smallest absolute Gasteiger partial charge is 0.338 e. The number of methoxy groups -OCH3 is 1. The molecule has 0 saturated carbocycles. The number of nitrogens with one attached hydrogen (secondary N) is 1. The number of carbonyl (C=O) groups excluding carboxylic acids is 4. The first kappa shape index (κ1) is 18.3. The van der Waals surface area contributed by atoms with Gasteiger partial charge in [-0.15, -0.1) is 0 Å². The number of carbonyl (C=O) groups is 4. The van der Waals surface area contributed by atoms with Crippen LogP contribution < -0.4 is 5.32 Å². The Hall–Kier alpha value is -3.48. The van der Waals surface area contributed by atoms with Crippen LogP contribution in [0.5, 0.6) is 0 Å². The number of hydrogen-bond donors (Lipinski definition) is 1. The summed E-state index contributed by atoms with van der Waals surface area (Å²) in [5.41, 5.74) is 2.14. The maximum Gasteiger partial charge on any atom is 0.338 e. The van der Waals surface area contributed by atoms with Crippen molar-refractivity contribution in [1.82, 2.24) is 4.90 Å². The lowest BCUT2D eigenvalue weighted by atomic mass is 10.0. The fourth-order valence-electron chi connectivity index (χ4n) is 3.02. The second-order valence-corrected chi connectivity index (χ2v) is 6.04. The van der Waals surface area contributed by atoms with Crippen LogP contribution in [0.15, 0.2) is 36.4 Å². The van der Waals surface area contributed by atoms with Crippen LogP contribution in [0.3, 0.4) is 0 Å². The number of anilines is 1. The molecule has 0 fully saturated rings. The van der Waals surface area contributed by atoms with Gasteiger partial charge in [0.15, 0.2) is 0 Å². The number of amides is 3. The molecule has 0 saturated heterocycles. The lowest BCUT2D eigenvalue weighted by Crippen LogP contribution is -2.29. The third-order valence-corrected chi connectivity index (χ3v) is 4.54. The molecule has 2 aromatic rings. The van der Waals surface area contributed by atoms with Crippen LogP contribution in [0.1, 0.15) is 53.9 Å². The van der Waals surface area contributed by atoms with Crippen molar-refractivity contribution in [3.8, 4) is 0 Å².